The molecule has 1 heterocycles. The Hall–Kier alpha value is -1.64. The molecule has 5 fully saturated rings. The standard InChI is InChI=1S/C36H56O12/c1-17-9-12-36(30(45)48-28-25(41)24(40)23(39)20(16-37)47-28)14-13-32(3)18(26(36)35(17,6)46)7-8-21-31(2)15-19(38)27(42)34(5,29(43)44)22(31)10-11-33(21,32)4/h7,17,19-28,37-42,46H,8-16H2,1-6H3,(H,43,44)/t17-,19-,20-,21+,22+,23-,24+,25-,26-,27+,28+,31-,32-,33-,34-,35-,36+/m1/s1. The highest BCUT2D eigenvalue weighted by molar-refractivity contribution is 5.79. The van der Waals surface area contributed by atoms with Gasteiger partial charge < -0.3 is 50.3 Å². The van der Waals surface area contributed by atoms with E-state index in [-0.39, 0.29) is 24.2 Å². The Morgan fingerprint density at radius 1 is 0.917 bits per heavy atom. The van der Waals surface area contributed by atoms with Crippen molar-refractivity contribution < 1.29 is 59.9 Å². The number of carboxylic acid groups (broad SMARTS) is 1. The zero-order chi connectivity index (χ0) is 35.6. The third-order valence-corrected chi connectivity index (χ3v) is 15.6. The van der Waals surface area contributed by atoms with Crippen LogP contribution in [0.15, 0.2) is 11.6 Å². The van der Waals surface area contributed by atoms with Crippen LogP contribution in [0, 0.1) is 50.7 Å². The number of carbonyl (C=O) groups excluding carboxylic acids is 1. The summed E-state index contributed by atoms with van der Waals surface area (Å²) >= 11 is 0. The molecule has 0 radical (unpaired) electrons. The number of ether oxygens (including phenoxy) is 2. The van der Waals surface area contributed by atoms with Crippen LogP contribution in [-0.4, -0.2) is 108 Å². The molecule has 0 amide bonds. The van der Waals surface area contributed by atoms with Gasteiger partial charge in [0.15, 0.2) is 0 Å². The van der Waals surface area contributed by atoms with E-state index in [0.29, 0.717) is 44.9 Å². The molecule has 8 N–H and O–H groups in total. The quantitative estimate of drug-likeness (QED) is 0.157. The van der Waals surface area contributed by atoms with E-state index in [2.05, 4.69) is 26.8 Å². The maximum absolute atomic E-state index is 14.5. The van der Waals surface area contributed by atoms with Crippen LogP contribution in [0.4, 0.5) is 0 Å². The molecule has 6 rings (SSSR count). The highest BCUT2D eigenvalue weighted by atomic mass is 16.7. The van der Waals surface area contributed by atoms with Crippen LogP contribution in [-0.2, 0) is 19.1 Å². The van der Waals surface area contributed by atoms with Crippen molar-refractivity contribution in [3.05, 3.63) is 11.6 Å². The van der Waals surface area contributed by atoms with Gasteiger partial charge in [-0.05, 0) is 99.2 Å². The molecule has 6 aliphatic rings. The first-order valence-electron chi connectivity index (χ1n) is 17.7. The van der Waals surface area contributed by atoms with E-state index in [1.807, 2.05) is 6.92 Å². The molecule has 0 aromatic carbocycles. The van der Waals surface area contributed by atoms with Crippen molar-refractivity contribution in [2.45, 2.75) is 141 Å². The minimum Gasteiger partial charge on any atom is -0.481 e. The molecule has 4 saturated carbocycles. The second kappa shape index (κ2) is 11.4. The fourth-order valence-corrected chi connectivity index (χ4v) is 12.3. The van der Waals surface area contributed by atoms with Crippen molar-refractivity contribution in [3.63, 3.8) is 0 Å². The smallest absolute Gasteiger partial charge is 0.315 e. The molecule has 0 unspecified atom stereocenters. The highest BCUT2D eigenvalue weighted by Crippen LogP contribution is 2.76. The summed E-state index contributed by atoms with van der Waals surface area (Å²) in [7, 11) is 0. The van der Waals surface area contributed by atoms with E-state index in [1.54, 1.807) is 13.8 Å². The third kappa shape index (κ3) is 4.49. The summed E-state index contributed by atoms with van der Waals surface area (Å²) in [5.41, 5.74) is -4.57. The van der Waals surface area contributed by atoms with Gasteiger partial charge in [0.25, 0.3) is 0 Å². The van der Waals surface area contributed by atoms with Crippen LogP contribution < -0.4 is 0 Å². The fraction of sp³-hybridized carbons (Fsp3) is 0.889. The van der Waals surface area contributed by atoms with Gasteiger partial charge in [0, 0.05) is 5.92 Å². The largest absolute Gasteiger partial charge is 0.481 e. The fourth-order valence-electron chi connectivity index (χ4n) is 12.3. The van der Waals surface area contributed by atoms with Gasteiger partial charge in [-0.2, -0.15) is 0 Å². The van der Waals surface area contributed by atoms with Crippen molar-refractivity contribution in [3.8, 4) is 0 Å². The van der Waals surface area contributed by atoms with Gasteiger partial charge in [-0.3, -0.25) is 9.59 Å². The molecule has 12 heteroatoms. The predicted octanol–water partition coefficient (Wildman–Crippen LogP) is 1.50. The number of carbonyl (C=O) groups is 2. The summed E-state index contributed by atoms with van der Waals surface area (Å²) in [5.74, 6) is -3.01. The van der Waals surface area contributed by atoms with Crippen molar-refractivity contribution in [2.75, 3.05) is 6.61 Å². The van der Waals surface area contributed by atoms with E-state index in [1.165, 1.54) is 0 Å². The molecule has 0 aromatic rings. The highest BCUT2D eigenvalue weighted by Gasteiger charge is 2.73. The number of aliphatic carboxylic acids is 1. The minimum atomic E-state index is -1.75. The maximum Gasteiger partial charge on any atom is 0.315 e. The van der Waals surface area contributed by atoms with Crippen molar-refractivity contribution in [1.82, 2.24) is 0 Å². The topological polar surface area (TPSA) is 214 Å². The van der Waals surface area contributed by atoms with Crippen LogP contribution in [0.25, 0.3) is 0 Å². The van der Waals surface area contributed by atoms with Gasteiger partial charge in [-0.25, -0.2) is 0 Å². The van der Waals surface area contributed by atoms with Gasteiger partial charge >= 0.3 is 11.9 Å². The minimum absolute atomic E-state index is 0.0437. The van der Waals surface area contributed by atoms with Gasteiger partial charge in [0.2, 0.25) is 6.29 Å². The number of aliphatic hydroxyl groups is 7. The van der Waals surface area contributed by atoms with Crippen LogP contribution >= 0.6 is 0 Å². The number of carboxylic acids is 1. The Kier molecular flexibility index (Phi) is 8.61. The average molecular weight is 681 g/mol. The first-order valence-corrected chi connectivity index (χ1v) is 17.7. The molecule has 48 heavy (non-hydrogen) atoms. The number of rotatable bonds is 4. The molecule has 0 aromatic heterocycles. The molecule has 1 saturated heterocycles. The van der Waals surface area contributed by atoms with Crippen LogP contribution in [0.1, 0.15) is 92.9 Å². The molecule has 0 spiro atoms. The van der Waals surface area contributed by atoms with E-state index < -0.39 is 100 Å². The molecule has 272 valence electrons. The molecular weight excluding hydrogens is 624 g/mol. The SMILES string of the molecule is C[C@@H]1CC[C@]2(C(=O)O[C@@H]3O[C@H](CO)[C@@H](O)[C@H](O)[C@H]3O)CC[C@]3(C)C(=CC[C@H]4[C@@]5(C)C[C@@H](O)[C@H](O)[C@](C)(C(=O)O)[C@H]5CC[C@]43C)[C@@H]2[C@]1(C)O. The summed E-state index contributed by atoms with van der Waals surface area (Å²) < 4.78 is 11.4. The van der Waals surface area contributed by atoms with E-state index in [4.69, 9.17) is 9.47 Å². The van der Waals surface area contributed by atoms with Gasteiger partial charge in [-0.1, -0.05) is 39.3 Å². The normalized spacial score (nSPS) is 56.4. The summed E-state index contributed by atoms with van der Waals surface area (Å²) in [6, 6.07) is 0. The summed E-state index contributed by atoms with van der Waals surface area (Å²) in [6.07, 6.45) is -4.43. The van der Waals surface area contributed by atoms with Crippen LogP contribution in [0.3, 0.4) is 0 Å². The first kappa shape index (κ1) is 36.2. The summed E-state index contributed by atoms with van der Waals surface area (Å²) in [6.45, 7) is 11.2. The van der Waals surface area contributed by atoms with E-state index >= 15 is 0 Å². The monoisotopic (exact) mass is 680 g/mol. The Morgan fingerprint density at radius 2 is 1.58 bits per heavy atom. The first-order chi connectivity index (χ1) is 22.2. The average Bonchev–Trinajstić information content (AvgIpc) is 3.02. The molecule has 0 bridgehead atoms. The zero-order valence-corrected chi connectivity index (χ0v) is 29.0. The molecular formula is C36H56O12. The van der Waals surface area contributed by atoms with E-state index in [9.17, 15) is 50.4 Å². The van der Waals surface area contributed by atoms with Crippen molar-refractivity contribution in [1.29, 1.82) is 0 Å². The second-order valence-corrected chi connectivity index (χ2v) is 17.5. The number of hydrogen-bond donors (Lipinski definition) is 8. The second-order valence-electron chi connectivity index (χ2n) is 17.5. The molecule has 1 aliphatic heterocycles. The number of allylic oxidation sites excluding steroid dienone is 1. The Labute approximate surface area is 282 Å². The lowest BCUT2D eigenvalue weighted by Gasteiger charge is -2.71. The predicted molar refractivity (Wildman–Crippen MR) is 170 cm³/mol. The number of aliphatic hydroxyl groups excluding tert-OH is 6. The Bertz CT molecular complexity index is 1350. The third-order valence-electron chi connectivity index (χ3n) is 15.6. The van der Waals surface area contributed by atoms with Crippen LogP contribution in [0.5, 0.6) is 0 Å². The molecule has 12 nitrogen and oxygen atoms in total. The van der Waals surface area contributed by atoms with E-state index in [0.717, 1.165) is 5.57 Å². The number of esters is 1. The van der Waals surface area contributed by atoms with Crippen molar-refractivity contribution in [2.24, 2.45) is 50.7 Å². The molecule has 17 atom stereocenters. The number of fused-ring (bicyclic) bond motifs is 7. The lowest BCUT2D eigenvalue weighted by atomic mass is 9.33. The van der Waals surface area contributed by atoms with Gasteiger partial charge in [-0.15, -0.1) is 0 Å². The molecule has 5 aliphatic carbocycles. The summed E-state index contributed by atoms with van der Waals surface area (Å²) in [4.78, 5) is 27.2. The van der Waals surface area contributed by atoms with Gasteiger partial charge in [0.05, 0.1) is 35.2 Å². The Balaban J connectivity index is 1.41. The number of hydrogen-bond acceptors (Lipinski definition) is 11. The lowest BCUT2D eigenvalue weighted by Crippen LogP contribution is -2.70. The maximum atomic E-state index is 14.5. The lowest BCUT2D eigenvalue weighted by molar-refractivity contribution is -0.299. The van der Waals surface area contributed by atoms with Crippen molar-refractivity contribution >= 4 is 11.9 Å². The van der Waals surface area contributed by atoms with Crippen LogP contribution in [0.2, 0.25) is 0 Å². The van der Waals surface area contributed by atoms with Gasteiger partial charge in [0.1, 0.15) is 24.4 Å². The Morgan fingerprint density at radius 3 is 2.21 bits per heavy atom. The zero-order valence-electron chi connectivity index (χ0n) is 29.0. The summed E-state index contributed by atoms with van der Waals surface area (Å²) in [5, 5.41) is 85.9.